The standard InChI is InChI=1S/C35H43N7O3/c1-22-13-17-40(18-14-22)33-37-34(41-19-15-23(2)16-20-41)39-35(38-33)42-29(32(43)45-4)21-27-26-7-5-6-8-28(26)36-30(27)31(42)24-9-11-25(44-3)12-10-24/h5-12,22-23,29,31,36H,13-21H2,1-4H3. The minimum absolute atomic E-state index is 0.313. The molecule has 4 aromatic rings. The molecular formula is C35H43N7O3. The number of hydrogen-bond acceptors (Lipinski definition) is 9. The maximum atomic E-state index is 13.8. The van der Waals surface area contributed by atoms with E-state index in [1.54, 1.807) is 7.11 Å². The molecular weight excluding hydrogens is 566 g/mol. The maximum absolute atomic E-state index is 13.8. The van der Waals surface area contributed by atoms with E-state index in [1.807, 2.05) is 24.3 Å². The number of ether oxygens (including phenoxy) is 2. The van der Waals surface area contributed by atoms with Crippen LogP contribution >= 0.6 is 0 Å². The highest BCUT2D eigenvalue weighted by Crippen LogP contribution is 2.43. The van der Waals surface area contributed by atoms with Gasteiger partial charge in [-0.3, -0.25) is 0 Å². The molecule has 236 valence electrons. The van der Waals surface area contributed by atoms with Crippen molar-refractivity contribution in [2.45, 2.75) is 58.0 Å². The number of aromatic nitrogens is 4. The first-order chi connectivity index (χ1) is 21.9. The predicted molar refractivity (Wildman–Crippen MR) is 176 cm³/mol. The number of H-pyrrole nitrogens is 1. The summed E-state index contributed by atoms with van der Waals surface area (Å²) in [5, 5.41) is 1.11. The van der Waals surface area contributed by atoms with E-state index in [9.17, 15) is 4.79 Å². The van der Waals surface area contributed by atoms with Gasteiger partial charge < -0.3 is 29.2 Å². The summed E-state index contributed by atoms with van der Waals surface area (Å²) >= 11 is 0. The molecule has 3 aliphatic rings. The number of anilines is 3. The Bertz CT molecular complexity index is 1620. The third-order valence-corrected chi connectivity index (χ3v) is 10.0. The highest BCUT2D eigenvalue weighted by atomic mass is 16.5. The highest BCUT2D eigenvalue weighted by molar-refractivity contribution is 5.89. The van der Waals surface area contributed by atoms with Crippen LogP contribution in [0.1, 0.15) is 62.4 Å². The number of hydrogen-bond donors (Lipinski definition) is 1. The summed E-state index contributed by atoms with van der Waals surface area (Å²) in [6, 6.07) is 15.3. The van der Waals surface area contributed by atoms with Gasteiger partial charge in [0, 0.05) is 49.2 Å². The van der Waals surface area contributed by atoms with Crippen LogP contribution in [0.15, 0.2) is 48.5 Å². The van der Waals surface area contributed by atoms with E-state index in [0.717, 1.165) is 85.3 Å². The number of nitrogens with zero attached hydrogens (tertiary/aromatic N) is 6. The molecule has 2 aromatic heterocycles. The Morgan fingerprint density at radius 2 is 1.38 bits per heavy atom. The third kappa shape index (κ3) is 5.55. The number of carbonyl (C=O) groups excluding carboxylic acids is 1. The summed E-state index contributed by atoms with van der Waals surface area (Å²) in [4.78, 5) is 39.5. The highest BCUT2D eigenvalue weighted by Gasteiger charge is 2.44. The lowest BCUT2D eigenvalue weighted by Gasteiger charge is -2.41. The van der Waals surface area contributed by atoms with Gasteiger partial charge in [-0.15, -0.1) is 0 Å². The molecule has 5 heterocycles. The van der Waals surface area contributed by atoms with Crippen molar-refractivity contribution in [1.82, 2.24) is 19.9 Å². The Morgan fingerprint density at radius 1 is 0.800 bits per heavy atom. The van der Waals surface area contributed by atoms with Gasteiger partial charge in [-0.25, -0.2) is 4.79 Å². The topological polar surface area (TPSA) is 99.7 Å². The quantitative estimate of drug-likeness (QED) is 0.283. The van der Waals surface area contributed by atoms with Crippen LogP contribution in [-0.4, -0.2) is 72.3 Å². The molecule has 0 saturated carbocycles. The molecule has 0 aliphatic carbocycles. The molecule has 2 saturated heterocycles. The van der Waals surface area contributed by atoms with Gasteiger partial charge in [-0.05, 0) is 66.8 Å². The number of piperidine rings is 2. The second-order valence-corrected chi connectivity index (χ2v) is 13.0. The van der Waals surface area contributed by atoms with Crippen LogP contribution < -0.4 is 19.4 Å². The van der Waals surface area contributed by atoms with E-state index >= 15 is 0 Å². The number of aromatic amines is 1. The number of para-hydroxylation sites is 1. The lowest BCUT2D eigenvalue weighted by molar-refractivity contribution is -0.142. The number of esters is 1. The molecule has 1 N–H and O–H groups in total. The monoisotopic (exact) mass is 609 g/mol. The van der Waals surface area contributed by atoms with Gasteiger partial charge in [0.25, 0.3) is 0 Å². The molecule has 45 heavy (non-hydrogen) atoms. The Balaban J connectivity index is 1.42. The van der Waals surface area contributed by atoms with Crippen molar-refractivity contribution in [3.05, 3.63) is 65.4 Å². The first-order valence-corrected chi connectivity index (χ1v) is 16.3. The molecule has 7 rings (SSSR count). The second-order valence-electron chi connectivity index (χ2n) is 13.0. The van der Waals surface area contributed by atoms with Crippen molar-refractivity contribution in [2.75, 3.05) is 55.1 Å². The van der Waals surface area contributed by atoms with Gasteiger partial charge in [0.05, 0.1) is 20.3 Å². The van der Waals surface area contributed by atoms with Crippen LogP contribution in [0, 0.1) is 11.8 Å². The van der Waals surface area contributed by atoms with Crippen molar-refractivity contribution in [3.8, 4) is 5.75 Å². The molecule has 3 aliphatic heterocycles. The van der Waals surface area contributed by atoms with Gasteiger partial charge >= 0.3 is 5.97 Å². The molecule has 2 atom stereocenters. The molecule has 2 aromatic carbocycles. The molecule has 10 nitrogen and oxygen atoms in total. The average Bonchev–Trinajstić information content (AvgIpc) is 3.46. The summed E-state index contributed by atoms with van der Waals surface area (Å²) in [6.07, 6.45) is 4.85. The van der Waals surface area contributed by atoms with Crippen LogP contribution in [0.25, 0.3) is 10.9 Å². The van der Waals surface area contributed by atoms with Gasteiger partial charge in [0.15, 0.2) is 0 Å². The fourth-order valence-corrected chi connectivity index (χ4v) is 7.14. The van der Waals surface area contributed by atoms with E-state index < -0.39 is 6.04 Å². The Labute approximate surface area is 264 Å². The molecule has 10 heteroatoms. The van der Waals surface area contributed by atoms with Crippen LogP contribution in [0.2, 0.25) is 0 Å². The van der Waals surface area contributed by atoms with Gasteiger partial charge in [0.1, 0.15) is 11.8 Å². The third-order valence-electron chi connectivity index (χ3n) is 10.0. The lowest BCUT2D eigenvalue weighted by Crippen LogP contribution is -2.50. The number of fused-ring (bicyclic) bond motifs is 3. The summed E-state index contributed by atoms with van der Waals surface area (Å²) in [5.41, 5.74) is 4.18. The summed E-state index contributed by atoms with van der Waals surface area (Å²) in [7, 11) is 3.13. The molecule has 2 unspecified atom stereocenters. The molecule has 0 bridgehead atoms. The van der Waals surface area contributed by atoms with Crippen molar-refractivity contribution in [1.29, 1.82) is 0 Å². The summed E-state index contributed by atoms with van der Waals surface area (Å²) < 4.78 is 11.0. The minimum atomic E-state index is -0.639. The Hall–Kier alpha value is -4.34. The summed E-state index contributed by atoms with van der Waals surface area (Å²) in [6.45, 7) is 8.21. The molecule has 0 spiro atoms. The smallest absolute Gasteiger partial charge is 0.328 e. The van der Waals surface area contributed by atoms with Crippen LogP contribution in [0.5, 0.6) is 5.75 Å². The maximum Gasteiger partial charge on any atom is 0.328 e. The second kappa shape index (κ2) is 12.2. The minimum Gasteiger partial charge on any atom is -0.497 e. The van der Waals surface area contributed by atoms with Gasteiger partial charge in [-0.1, -0.05) is 44.2 Å². The molecule has 0 amide bonds. The lowest BCUT2D eigenvalue weighted by atomic mass is 9.88. The zero-order valence-corrected chi connectivity index (χ0v) is 26.7. The van der Waals surface area contributed by atoms with Crippen molar-refractivity contribution in [2.24, 2.45) is 11.8 Å². The number of carbonyl (C=O) groups is 1. The number of methoxy groups -OCH3 is 2. The first-order valence-electron chi connectivity index (χ1n) is 16.3. The number of nitrogens with one attached hydrogen (secondary N) is 1. The van der Waals surface area contributed by atoms with E-state index in [2.05, 4.69) is 57.8 Å². The predicted octanol–water partition coefficient (Wildman–Crippen LogP) is 5.53. The fourth-order valence-electron chi connectivity index (χ4n) is 7.14. The van der Waals surface area contributed by atoms with E-state index in [0.29, 0.717) is 36.1 Å². The van der Waals surface area contributed by atoms with Crippen LogP contribution in [-0.2, 0) is 16.0 Å². The molecule has 2 fully saturated rings. The largest absolute Gasteiger partial charge is 0.497 e. The van der Waals surface area contributed by atoms with Crippen LogP contribution in [0.4, 0.5) is 17.8 Å². The summed E-state index contributed by atoms with van der Waals surface area (Å²) in [5.74, 6) is 3.66. The van der Waals surface area contributed by atoms with E-state index in [1.165, 1.54) is 7.11 Å². The first kappa shape index (κ1) is 29.4. The van der Waals surface area contributed by atoms with Gasteiger partial charge in [0.2, 0.25) is 17.8 Å². The zero-order valence-electron chi connectivity index (χ0n) is 26.7. The van der Waals surface area contributed by atoms with Gasteiger partial charge in [-0.2, -0.15) is 15.0 Å². The van der Waals surface area contributed by atoms with Crippen LogP contribution in [0.3, 0.4) is 0 Å². The SMILES string of the molecule is COC(=O)C1Cc2c([nH]c3ccccc23)C(c2ccc(OC)cc2)N1c1nc(N2CCC(C)CC2)nc(N2CCC(C)CC2)n1. The Kier molecular flexibility index (Phi) is 7.97. The van der Waals surface area contributed by atoms with Crippen molar-refractivity contribution < 1.29 is 14.3 Å². The van der Waals surface area contributed by atoms with Crippen molar-refractivity contribution >= 4 is 34.7 Å². The normalized spacial score (nSPS) is 21.2. The average molecular weight is 610 g/mol. The molecule has 0 radical (unpaired) electrons. The Morgan fingerprint density at radius 3 is 1.96 bits per heavy atom. The number of benzene rings is 2. The van der Waals surface area contributed by atoms with E-state index in [-0.39, 0.29) is 12.0 Å². The van der Waals surface area contributed by atoms with Crippen molar-refractivity contribution in [3.63, 3.8) is 0 Å². The fraction of sp³-hybridized carbons (Fsp3) is 0.486. The van der Waals surface area contributed by atoms with E-state index in [4.69, 9.17) is 24.4 Å². The number of rotatable bonds is 6. The zero-order chi connectivity index (χ0) is 31.1.